The fourth-order valence-electron chi connectivity index (χ4n) is 2.31. The Balaban J connectivity index is 2.27. The van der Waals surface area contributed by atoms with Crippen molar-refractivity contribution in [1.29, 1.82) is 0 Å². The molecule has 0 aliphatic carbocycles. The fourth-order valence-corrected chi connectivity index (χ4v) is 4.42. The number of rotatable bonds is 4. The lowest BCUT2D eigenvalue weighted by Crippen LogP contribution is -2.46. The Kier molecular flexibility index (Phi) is 5.06. The minimum Gasteiger partial charge on any atom is -0.496 e. The van der Waals surface area contributed by atoms with Gasteiger partial charge in [0.25, 0.3) is 0 Å². The first-order valence-corrected chi connectivity index (χ1v) is 8.72. The van der Waals surface area contributed by atoms with Gasteiger partial charge in [-0.15, -0.1) is 0 Å². The molecule has 2 rings (SSSR count). The van der Waals surface area contributed by atoms with Crippen molar-refractivity contribution in [3.8, 4) is 5.75 Å². The van der Waals surface area contributed by atoms with Gasteiger partial charge in [0.15, 0.2) is 0 Å². The van der Waals surface area contributed by atoms with E-state index in [-0.39, 0.29) is 10.9 Å². The third kappa shape index (κ3) is 3.16. The van der Waals surface area contributed by atoms with Gasteiger partial charge >= 0.3 is 0 Å². The van der Waals surface area contributed by atoms with Crippen LogP contribution >= 0.6 is 15.9 Å². The summed E-state index contributed by atoms with van der Waals surface area (Å²) >= 11 is 3.32. The summed E-state index contributed by atoms with van der Waals surface area (Å²) in [6, 6.07) is 4.82. The summed E-state index contributed by atoms with van der Waals surface area (Å²) in [5.41, 5.74) is 0. The van der Waals surface area contributed by atoms with Gasteiger partial charge in [-0.3, -0.25) is 0 Å². The lowest BCUT2D eigenvalue weighted by atomic mass is 10.1. The number of nitrogens with zero attached hydrogens (tertiary/aromatic N) is 1. The Bertz CT molecular complexity index is 571. The first kappa shape index (κ1) is 15.8. The number of halogens is 1. The zero-order valence-corrected chi connectivity index (χ0v) is 14.0. The van der Waals surface area contributed by atoms with Crippen LogP contribution in [0.5, 0.6) is 5.75 Å². The average Bonchev–Trinajstić information content (AvgIpc) is 2.47. The first-order valence-electron chi connectivity index (χ1n) is 6.49. The Morgan fingerprint density at radius 1 is 1.45 bits per heavy atom. The van der Waals surface area contributed by atoms with Crippen molar-refractivity contribution in [2.75, 3.05) is 27.2 Å². The van der Waals surface area contributed by atoms with Gasteiger partial charge in [-0.2, -0.15) is 4.31 Å². The van der Waals surface area contributed by atoms with E-state index in [9.17, 15) is 8.42 Å². The van der Waals surface area contributed by atoms with Gasteiger partial charge in [-0.25, -0.2) is 8.42 Å². The SMILES string of the molecule is COc1ccc(S(=O)(=O)N(C)C2CCCNC2)cc1Br. The zero-order chi connectivity index (χ0) is 14.8. The molecule has 0 bridgehead atoms. The van der Waals surface area contributed by atoms with Crippen LogP contribution in [0.3, 0.4) is 0 Å². The minimum absolute atomic E-state index is 0.00891. The molecule has 1 atom stereocenters. The summed E-state index contributed by atoms with van der Waals surface area (Å²) < 4.78 is 32.5. The quantitative estimate of drug-likeness (QED) is 0.887. The van der Waals surface area contributed by atoms with Crippen molar-refractivity contribution in [1.82, 2.24) is 9.62 Å². The molecule has 0 spiro atoms. The molecule has 20 heavy (non-hydrogen) atoms. The van der Waals surface area contributed by atoms with Gasteiger partial charge in [-0.1, -0.05) is 0 Å². The normalized spacial score (nSPS) is 20.1. The van der Waals surface area contributed by atoms with Crippen molar-refractivity contribution < 1.29 is 13.2 Å². The summed E-state index contributed by atoms with van der Waals surface area (Å²) in [4.78, 5) is 0.276. The topological polar surface area (TPSA) is 58.6 Å². The van der Waals surface area contributed by atoms with Gasteiger partial charge in [-0.05, 0) is 53.5 Å². The summed E-state index contributed by atoms with van der Waals surface area (Å²) in [7, 11) is -0.285. The van der Waals surface area contributed by atoms with E-state index in [2.05, 4.69) is 21.2 Å². The van der Waals surface area contributed by atoms with E-state index >= 15 is 0 Å². The van der Waals surface area contributed by atoms with Crippen LogP contribution in [0.15, 0.2) is 27.6 Å². The largest absolute Gasteiger partial charge is 0.496 e. The van der Waals surface area contributed by atoms with Crippen LogP contribution in [0.25, 0.3) is 0 Å². The Morgan fingerprint density at radius 3 is 2.75 bits per heavy atom. The van der Waals surface area contributed by atoms with Gasteiger partial charge in [0, 0.05) is 19.6 Å². The molecular weight excluding hydrogens is 344 g/mol. The second kappa shape index (κ2) is 6.43. The van der Waals surface area contributed by atoms with Crippen LogP contribution in [0.1, 0.15) is 12.8 Å². The highest BCUT2D eigenvalue weighted by atomic mass is 79.9. The van der Waals surface area contributed by atoms with Crippen LogP contribution in [0.4, 0.5) is 0 Å². The molecule has 1 aromatic carbocycles. The van der Waals surface area contributed by atoms with E-state index in [1.807, 2.05) is 0 Å². The molecule has 1 fully saturated rings. The maximum absolute atomic E-state index is 12.6. The molecule has 0 radical (unpaired) electrons. The van der Waals surface area contributed by atoms with E-state index in [1.54, 1.807) is 32.4 Å². The highest BCUT2D eigenvalue weighted by Crippen LogP contribution is 2.29. The molecule has 0 amide bonds. The molecule has 1 aliphatic rings. The Morgan fingerprint density at radius 2 is 2.20 bits per heavy atom. The molecule has 0 aromatic heterocycles. The molecule has 7 heteroatoms. The van der Waals surface area contributed by atoms with Crippen molar-refractivity contribution in [3.05, 3.63) is 22.7 Å². The molecule has 5 nitrogen and oxygen atoms in total. The van der Waals surface area contributed by atoms with Gasteiger partial charge in [0.1, 0.15) is 5.75 Å². The second-order valence-electron chi connectivity index (χ2n) is 4.82. The van der Waals surface area contributed by atoms with E-state index in [4.69, 9.17) is 4.74 Å². The summed E-state index contributed by atoms with van der Waals surface area (Å²) in [6.07, 6.45) is 1.89. The highest BCUT2D eigenvalue weighted by Gasteiger charge is 2.29. The predicted octanol–water partition coefficient (Wildman–Crippen LogP) is 1.83. The van der Waals surface area contributed by atoms with E-state index in [1.165, 1.54) is 4.31 Å². The van der Waals surface area contributed by atoms with Crippen molar-refractivity contribution in [2.45, 2.75) is 23.8 Å². The average molecular weight is 363 g/mol. The number of nitrogens with one attached hydrogen (secondary N) is 1. The molecular formula is C13H19BrN2O3S. The molecule has 1 aromatic rings. The molecule has 1 heterocycles. The lowest BCUT2D eigenvalue weighted by Gasteiger charge is -2.31. The van der Waals surface area contributed by atoms with Gasteiger partial charge < -0.3 is 10.1 Å². The number of piperidine rings is 1. The third-order valence-electron chi connectivity index (χ3n) is 3.59. The lowest BCUT2D eigenvalue weighted by molar-refractivity contribution is 0.300. The summed E-state index contributed by atoms with van der Waals surface area (Å²) in [6.45, 7) is 1.66. The number of likely N-dealkylation sites (N-methyl/N-ethyl adjacent to an activating group) is 1. The zero-order valence-electron chi connectivity index (χ0n) is 11.6. The standard InChI is InChI=1S/C13H19BrN2O3S/c1-16(10-4-3-7-15-9-10)20(17,18)11-5-6-13(19-2)12(14)8-11/h5-6,8,10,15H,3-4,7,9H2,1-2H3. The van der Waals surface area contributed by atoms with Crippen molar-refractivity contribution in [2.24, 2.45) is 0 Å². The van der Waals surface area contributed by atoms with Gasteiger partial charge in [0.2, 0.25) is 10.0 Å². The predicted molar refractivity (Wildman–Crippen MR) is 81.5 cm³/mol. The van der Waals surface area contributed by atoms with Crippen LogP contribution in [-0.4, -0.2) is 46.0 Å². The fraction of sp³-hybridized carbons (Fsp3) is 0.538. The van der Waals surface area contributed by atoms with Crippen LogP contribution in [0, 0.1) is 0 Å². The van der Waals surface area contributed by atoms with Crippen LogP contribution in [0.2, 0.25) is 0 Å². The number of hydrogen-bond acceptors (Lipinski definition) is 4. The third-order valence-corrected chi connectivity index (χ3v) is 6.11. The number of ether oxygens (including phenoxy) is 1. The van der Waals surface area contributed by atoms with Crippen LogP contribution in [-0.2, 0) is 10.0 Å². The van der Waals surface area contributed by atoms with E-state index in [0.717, 1.165) is 19.4 Å². The molecule has 112 valence electrons. The maximum Gasteiger partial charge on any atom is 0.243 e. The molecule has 1 unspecified atom stereocenters. The molecule has 1 saturated heterocycles. The van der Waals surface area contributed by atoms with E-state index in [0.29, 0.717) is 16.8 Å². The number of sulfonamides is 1. The molecule has 0 saturated carbocycles. The monoisotopic (exact) mass is 362 g/mol. The maximum atomic E-state index is 12.6. The minimum atomic E-state index is -3.48. The summed E-state index contributed by atoms with van der Waals surface area (Å²) in [5, 5.41) is 3.23. The summed E-state index contributed by atoms with van der Waals surface area (Å²) in [5.74, 6) is 0.617. The highest BCUT2D eigenvalue weighted by molar-refractivity contribution is 9.10. The first-order chi connectivity index (χ1) is 9.46. The van der Waals surface area contributed by atoms with Crippen LogP contribution < -0.4 is 10.1 Å². The van der Waals surface area contributed by atoms with Crippen molar-refractivity contribution >= 4 is 26.0 Å². The molecule has 1 N–H and O–H groups in total. The smallest absolute Gasteiger partial charge is 0.243 e. The van der Waals surface area contributed by atoms with Crippen molar-refractivity contribution in [3.63, 3.8) is 0 Å². The number of benzene rings is 1. The molecule has 1 aliphatic heterocycles. The number of hydrogen-bond donors (Lipinski definition) is 1. The Hall–Kier alpha value is -0.630. The second-order valence-corrected chi connectivity index (χ2v) is 7.67. The van der Waals surface area contributed by atoms with E-state index < -0.39 is 10.0 Å². The number of methoxy groups -OCH3 is 1. The van der Waals surface area contributed by atoms with Gasteiger partial charge in [0.05, 0.1) is 16.5 Å². The Labute approximate surface area is 128 Å².